The maximum Gasteiger partial charge on any atom is 0.338 e. The summed E-state index contributed by atoms with van der Waals surface area (Å²) in [6.07, 6.45) is 2.38. The molecule has 1 aromatic heterocycles. The fraction of sp³-hybridized carbons (Fsp3) is 0.476. The first-order valence-corrected chi connectivity index (χ1v) is 9.53. The van der Waals surface area contributed by atoms with Crippen LogP contribution >= 0.6 is 0 Å². The SMILES string of the molecule is C/C=C1/CO[C@@H](O)[C@]2(C(=O)OC)[C@H]1C[C@@H]1NCCc3c1n2c1ccccc31. The molecule has 3 aliphatic heterocycles. The van der Waals surface area contributed by atoms with E-state index in [1.807, 2.05) is 35.8 Å². The van der Waals surface area contributed by atoms with Crippen molar-refractivity contribution in [3.05, 3.63) is 47.2 Å². The fourth-order valence-corrected chi connectivity index (χ4v) is 5.49. The van der Waals surface area contributed by atoms with Gasteiger partial charge in [-0.25, -0.2) is 4.79 Å². The van der Waals surface area contributed by atoms with E-state index in [4.69, 9.17) is 9.47 Å². The summed E-state index contributed by atoms with van der Waals surface area (Å²) < 4.78 is 13.0. The largest absolute Gasteiger partial charge is 0.467 e. The highest BCUT2D eigenvalue weighted by molar-refractivity contribution is 5.91. The Bertz CT molecular complexity index is 962. The second-order valence-electron chi connectivity index (χ2n) is 7.61. The van der Waals surface area contributed by atoms with Crippen LogP contribution in [-0.4, -0.2) is 42.2 Å². The van der Waals surface area contributed by atoms with Crippen LogP contribution < -0.4 is 5.32 Å². The Morgan fingerprint density at radius 1 is 1.44 bits per heavy atom. The standard InChI is InChI=1S/C21H24N2O4/c1-3-12-11-27-20(25)21(19(24)26-2)15(12)10-16-18-14(8-9-22-16)13-6-4-5-7-17(13)23(18)21/h3-7,15-16,20,22,25H,8-11H2,1-2H3/b12-3-/t15-,16-,20+,21+/m0/s1. The summed E-state index contributed by atoms with van der Waals surface area (Å²) in [5.41, 5.74) is 3.02. The minimum absolute atomic E-state index is 0.143. The summed E-state index contributed by atoms with van der Waals surface area (Å²) in [6.45, 7) is 3.20. The molecule has 142 valence electrons. The number of benzene rings is 1. The number of esters is 1. The topological polar surface area (TPSA) is 72.7 Å². The molecule has 0 radical (unpaired) electrons. The third-order valence-electron chi connectivity index (χ3n) is 6.60. The molecule has 6 heteroatoms. The van der Waals surface area contributed by atoms with Crippen LogP contribution in [0.3, 0.4) is 0 Å². The van der Waals surface area contributed by atoms with Crippen molar-refractivity contribution in [1.82, 2.24) is 9.88 Å². The van der Waals surface area contributed by atoms with Crippen LogP contribution in [-0.2, 0) is 26.2 Å². The highest BCUT2D eigenvalue weighted by atomic mass is 16.6. The van der Waals surface area contributed by atoms with E-state index in [0.717, 1.165) is 41.6 Å². The summed E-state index contributed by atoms with van der Waals surface area (Å²) in [4.78, 5) is 13.3. The first-order chi connectivity index (χ1) is 13.1. The smallest absolute Gasteiger partial charge is 0.338 e. The molecule has 1 saturated heterocycles. The lowest BCUT2D eigenvalue weighted by Gasteiger charge is -2.52. The number of allylic oxidation sites excluding steroid dienone is 1. The number of carbonyl (C=O) groups excluding carboxylic acids is 1. The Morgan fingerprint density at radius 2 is 2.26 bits per heavy atom. The van der Waals surface area contributed by atoms with Gasteiger partial charge in [-0.2, -0.15) is 0 Å². The number of aromatic nitrogens is 1. The summed E-state index contributed by atoms with van der Waals surface area (Å²) in [6, 6.07) is 8.26. The van der Waals surface area contributed by atoms with E-state index in [2.05, 4.69) is 11.4 Å². The number of rotatable bonds is 1. The van der Waals surface area contributed by atoms with Crippen molar-refractivity contribution in [3.63, 3.8) is 0 Å². The molecule has 0 saturated carbocycles. The van der Waals surface area contributed by atoms with Gasteiger partial charge in [-0.3, -0.25) is 0 Å². The molecular weight excluding hydrogens is 344 g/mol. The average Bonchev–Trinajstić information content (AvgIpc) is 3.05. The molecule has 2 aromatic rings. The molecule has 1 fully saturated rings. The lowest BCUT2D eigenvalue weighted by molar-refractivity contribution is -0.219. The van der Waals surface area contributed by atoms with Crippen molar-refractivity contribution < 1.29 is 19.4 Å². The van der Waals surface area contributed by atoms with Gasteiger partial charge in [-0.05, 0) is 43.5 Å². The van der Waals surface area contributed by atoms with Gasteiger partial charge in [0.25, 0.3) is 0 Å². The zero-order valence-electron chi connectivity index (χ0n) is 15.6. The van der Waals surface area contributed by atoms with E-state index >= 15 is 0 Å². The van der Waals surface area contributed by atoms with Gasteiger partial charge in [0.1, 0.15) is 0 Å². The van der Waals surface area contributed by atoms with E-state index in [9.17, 15) is 9.90 Å². The maximum atomic E-state index is 13.3. The molecule has 1 aromatic carbocycles. The van der Waals surface area contributed by atoms with E-state index in [1.54, 1.807) is 0 Å². The zero-order chi connectivity index (χ0) is 18.8. The number of carbonyl (C=O) groups is 1. The number of aliphatic hydroxyl groups excluding tert-OH is 1. The molecule has 0 amide bonds. The molecule has 4 atom stereocenters. The van der Waals surface area contributed by atoms with Gasteiger partial charge in [-0.1, -0.05) is 24.3 Å². The van der Waals surface area contributed by atoms with E-state index < -0.39 is 17.8 Å². The number of nitrogens with one attached hydrogen (secondary N) is 1. The summed E-state index contributed by atoms with van der Waals surface area (Å²) >= 11 is 0. The molecule has 6 nitrogen and oxygen atoms in total. The monoisotopic (exact) mass is 368 g/mol. The van der Waals surface area contributed by atoms with Crippen molar-refractivity contribution >= 4 is 16.9 Å². The average molecular weight is 368 g/mol. The van der Waals surface area contributed by atoms with E-state index in [0.29, 0.717) is 6.61 Å². The molecular formula is C21H24N2O4. The number of aliphatic hydroxyl groups is 1. The molecule has 2 N–H and O–H groups in total. The Balaban J connectivity index is 1.92. The van der Waals surface area contributed by atoms with Crippen LogP contribution in [0.1, 0.15) is 30.6 Å². The molecule has 3 aliphatic rings. The van der Waals surface area contributed by atoms with Crippen LogP contribution in [0.2, 0.25) is 0 Å². The van der Waals surface area contributed by atoms with Gasteiger partial charge >= 0.3 is 5.97 Å². The van der Waals surface area contributed by atoms with Gasteiger partial charge < -0.3 is 24.5 Å². The number of ether oxygens (including phenoxy) is 2. The van der Waals surface area contributed by atoms with Crippen LogP contribution in [0.5, 0.6) is 0 Å². The summed E-state index contributed by atoms with van der Waals surface area (Å²) in [7, 11) is 1.38. The molecule has 5 rings (SSSR count). The number of nitrogens with zero attached hydrogens (tertiary/aromatic N) is 1. The van der Waals surface area contributed by atoms with Crippen LogP contribution in [0, 0.1) is 5.92 Å². The summed E-state index contributed by atoms with van der Waals surface area (Å²) in [5, 5.41) is 15.8. The van der Waals surface area contributed by atoms with Gasteiger partial charge in [0.15, 0.2) is 11.8 Å². The molecule has 0 unspecified atom stereocenters. The maximum absolute atomic E-state index is 13.3. The van der Waals surface area contributed by atoms with E-state index in [1.165, 1.54) is 12.7 Å². The molecule has 0 spiro atoms. The Hall–Kier alpha value is -2.15. The number of hydrogen-bond acceptors (Lipinski definition) is 5. The van der Waals surface area contributed by atoms with Gasteiger partial charge in [0.2, 0.25) is 0 Å². The first kappa shape index (κ1) is 17.0. The van der Waals surface area contributed by atoms with Crippen molar-refractivity contribution in [2.24, 2.45) is 5.92 Å². The van der Waals surface area contributed by atoms with Crippen LogP contribution in [0.25, 0.3) is 10.9 Å². The highest BCUT2D eigenvalue weighted by Crippen LogP contribution is 2.53. The number of hydrogen-bond donors (Lipinski definition) is 2. The Kier molecular flexibility index (Phi) is 3.73. The first-order valence-electron chi connectivity index (χ1n) is 9.53. The number of para-hydroxylation sites is 1. The van der Waals surface area contributed by atoms with Crippen LogP contribution in [0.15, 0.2) is 35.9 Å². The molecule has 0 bridgehead atoms. The minimum atomic E-state index is -1.31. The zero-order valence-corrected chi connectivity index (χ0v) is 15.6. The van der Waals surface area contributed by atoms with E-state index in [-0.39, 0.29) is 12.0 Å². The predicted octanol–water partition coefficient (Wildman–Crippen LogP) is 2.01. The Morgan fingerprint density at radius 3 is 3.04 bits per heavy atom. The molecule has 4 heterocycles. The van der Waals surface area contributed by atoms with Gasteiger partial charge in [0.05, 0.1) is 13.7 Å². The van der Waals surface area contributed by atoms with Crippen molar-refractivity contribution in [2.45, 2.75) is 37.6 Å². The quantitative estimate of drug-likeness (QED) is 0.595. The second-order valence-corrected chi connectivity index (χ2v) is 7.61. The number of fused-ring (bicyclic) bond motifs is 5. The lowest BCUT2D eigenvalue weighted by Crippen LogP contribution is -2.64. The van der Waals surface area contributed by atoms with Crippen molar-refractivity contribution in [1.29, 1.82) is 0 Å². The fourth-order valence-electron chi connectivity index (χ4n) is 5.49. The number of methoxy groups -OCH3 is 1. The predicted molar refractivity (Wildman–Crippen MR) is 100 cm³/mol. The Labute approximate surface area is 157 Å². The minimum Gasteiger partial charge on any atom is -0.467 e. The lowest BCUT2D eigenvalue weighted by atomic mass is 9.69. The highest BCUT2D eigenvalue weighted by Gasteiger charge is 2.62. The third kappa shape index (κ3) is 1.98. The van der Waals surface area contributed by atoms with Crippen molar-refractivity contribution in [2.75, 3.05) is 20.3 Å². The van der Waals surface area contributed by atoms with Gasteiger partial charge in [0, 0.05) is 28.6 Å². The third-order valence-corrected chi connectivity index (χ3v) is 6.60. The van der Waals surface area contributed by atoms with Crippen molar-refractivity contribution in [3.8, 4) is 0 Å². The normalized spacial score (nSPS) is 33.6. The summed E-state index contributed by atoms with van der Waals surface area (Å²) in [5.74, 6) is -0.642. The van der Waals surface area contributed by atoms with Gasteiger partial charge in [-0.15, -0.1) is 0 Å². The molecule has 27 heavy (non-hydrogen) atoms. The second kappa shape index (κ2) is 5.92. The molecule has 0 aliphatic carbocycles. The van der Waals surface area contributed by atoms with Crippen LogP contribution in [0.4, 0.5) is 0 Å².